The molecule has 0 spiro atoms. The van der Waals surface area contributed by atoms with Crippen molar-refractivity contribution in [2.75, 3.05) is 18.0 Å². The second-order valence-electron chi connectivity index (χ2n) is 9.04. The molecule has 1 aliphatic heterocycles. The van der Waals surface area contributed by atoms with Crippen molar-refractivity contribution in [2.45, 2.75) is 39.0 Å². The number of aliphatic carboxylic acids is 1. The minimum absolute atomic E-state index is 0.0207. The van der Waals surface area contributed by atoms with Crippen LogP contribution >= 0.6 is 0 Å². The van der Waals surface area contributed by atoms with E-state index >= 15 is 0 Å². The molecule has 1 aliphatic rings. The molecule has 0 saturated carbocycles. The Bertz CT molecular complexity index is 1170. The zero-order chi connectivity index (χ0) is 24.1. The predicted molar refractivity (Wildman–Crippen MR) is 134 cm³/mol. The molecule has 2 N–H and O–H groups in total. The fourth-order valence-electron chi connectivity index (χ4n) is 4.82. The number of hydrogen-bond donors (Lipinski definition) is 2. The van der Waals surface area contributed by atoms with Crippen molar-refractivity contribution in [1.82, 2.24) is 4.98 Å². The SMILES string of the molecule is Cc1cc(/C(C[C@@H](c2ccc(N3CCC(C(=O)O)CC3)cc2)c2ccccc2C)=N/O)ccn1. The van der Waals surface area contributed by atoms with Crippen LogP contribution in [0.4, 0.5) is 5.69 Å². The normalized spacial score (nSPS) is 15.8. The Balaban J connectivity index is 1.61. The molecule has 2 aromatic carbocycles. The zero-order valence-electron chi connectivity index (χ0n) is 19.7. The second kappa shape index (κ2) is 10.5. The maximum Gasteiger partial charge on any atom is 0.306 e. The monoisotopic (exact) mass is 457 g/mol. The summed E-state index contributed by atoms with van der Waals surface area (Å²) < 4.78 is 0. The van der Waals surface area contributed by atoms with Crippen molar-refractivity contribution in [2.24, 2.45) is 11.1 Å². The average Bonchev–Trinajstić information content (AvgIpc) is 2.86. The molecule has 34 heavy (non-hydrogen) atoms. The minimum atomic E-state index is -0.693. The van der Waals surface area contributed by atoms with Gasteiger partial charge < -0.3 is 15.2 Å². The highest BCUT2D eigenvalue weighted by atomic mass is 16.4. The summed E-state index contributed by atoms with van der Waals surface area (Å²) in [6, 6.07) is 20.7. The summed E-state index contributed by atoms with van der Waals surface area (Å²) in [5.74, 6) is -0.914. The molecule has 6 heteroatoms. The van der Waals surface area contributed by atoms with Gasteiger partial charge in [0.1, 0.15) is 0 Å². The number of aryl methyl sites for hydroxylation is 2. The lowest BCUT2D eigenvalue weighted by molar-refractivity contribution is -0.142. The standard InChI is InChI=1S/C28H31N3O3/c1-19-5-3-4-6-25(19)26(18-27(30-34)23-11-14-29-20(2)17-23)21-7-9-24(10-8-21)31-15-12-22(13-16-31)28(32)33/h3-11,14,17,22,26,34H,12-13,15-16,18H2,1-2H3,(H,32,33)/b30-27+/t26-/m0/s1. The van der Waals surface area contributed by atoms with E-state index < -0.39 is 5.97 Å². The van der Waals surface area contributed by atoms with Crippen molar-refractivity contribution >= 4 is 17.4 Å². The molecule has 0 unspecified atom stereocenters. The number of carboxylic acids is 1. The zero-order valence-corrected chi connectivity index (χ0v) is 19.7. The van der Waals surface area contributed by atoms with E-state index in [1.165, 1.54) is 11.1 Å². The van der Waals surface area contributed by atoms with Crippen LogP contribution < -0.4 is 4.90 Å². The lowest BCUT2D eigenvalue weighted by atomic mass is 9.83. The number of carbonyl (C=O) groups is 1. The third-order valence-electron chi connectivity index (χ3n) is 6.82. The third-order valence-corrected chi connectivity index (χ3v) is 6.82. The van der Waals surface area contributed by atoms with Gasteiger partial charge in [-0.25, -0.2) is 0 Å². The summed E-state index contributed by atoms with van der Waals surface area (Å²) in [4.78, 5) is 17.8. The molecular formula is C28H31N3O3. The van der Waals surface area contributed by atoms with E-state index in [1.54, 1.807) is 6.20 Å². The molecular weight excluding hydrogens is 426 g/mol. The van der Waals surface area contributed by atoms with E-state index in [2.05, 4.69) is 58.4 Å². The number of carboxylic acid groups (broad SMARTS) is 1. The van der Waals surface area contributed by atoms with E-state index in [4.69, 9.17) is 0 Å². The van der Waals surface area contributed by atoms with Gasteiger partial charge in [-0.2, -0.15) is 0 Å². The van der Waals surface area contributed by atoms with Crippen LogP contribution in [0.1, 0.15) is 53.1 Å². The number of nitrogens with zero attached hydrogens (tertiary/aromatic N) is 3. The molecule has 4 rings (SSSR count). The second-order valence-corrected chi connectivity index (χ2v) is 9.04. The topological polar surface area (TPSA) is 86.0 Å². The molecule has 1 atom stereocenters. The number of hydrogen-bond acceptors (Lipinski definition) is 5. The molecule has 0 aliphatic carbocycles. The van der Waals surface area contributed by atoms with Crippen LogP contribution in [0.2, 0.25) is 0 Å². The van der Waals surface area contributed by atoms with Gasteiger partial charge in [0.05, 0.1) is 11.6 Å². The molecule has 0 amide bonds. The number of benzene rings is 2. The minimum Gasteiger partial charge on any atom is -0.481 e. The summed E-state index contributed by atoms with van der Waals surface area (Å²) >= 11 is 0. The molecule has 1 saturated heterocycles. The van der Waals surface area contributed by atoms with Crippen molar-refractivity contribution in [1.29, 1.82) is 0 Å². The summed E-state index contributed by atoms with van der Waals surface area (Å²) in [7, 11) is 0. The van der Waals surface area contributed by atoms with Gasteiger partial charge in [-0.15, -0.1) is 0 Å². The van der Waals surface area contributed by atoms with Gasteiger partial charge in [0, 0.05) is 48.6 Å². The van der Waals surface area contributed by atoms with E-state index in [0.29, 0.717) is 25.0 Å². The van der Waals surface area contributed by atoms with Crippen LogP contribution in [0.25, 0.3) is 0 Å². The number of aromatic nitrogens is 1. The highest BCUT2D eigenvalue weighted by Gasteiger charge is 2.25. The van der Waals surface area contributed by atoms with Gasteiger partial charge in [0.15, 0.2) is 0 Å². The number of piperidine rings is 1. The Morgan fingerprint density at radius 1 is 1.09 bits per heavy atom. The van der Waals surface area contributed by atoms with Crippen LogP contribution in [0.5, 0.6) is 0 Å². The van der Waals surface area contributed by atoms with Crippen LogP contribution in [0, 0.1) is 19.8 Å². The van der Waals surface area contributed by atoms with Crippen LogP contribution in [0.15, 0.2) is 72.0 Å². The first-order chi connectivity index (χ1) is 16.5. The van der Waals surface area contributed by atoms with Gasteiger partial charge in [-0.1, -0.05) is 41.6 Å². The van der Waals surface area contributed by atoms with Gasteiger partial charge >= 0.3 is 5.97 Å². The van der Waals surface area contributed by atoms with Gasteiger partial charge in [0.2, 0.25) is 0 Å². The van der Waals surface area contributed by atoms with Gasteiger partial charge in [0.25, 0.3) is 0 Å². The summed E-state index contributed by atoms with van der Waals surface area (Å²) in [6.45, 7) is 5.53. The average molecular weight is 458 g/mol. The van der Waals surface area contributed by atoms with Crippen LogP contribution in [-0.2, 0) is 4.79 Å². The van der Waals surface area contributed by atoms with Crippen molar-refractivity contribution in [3.63, 3.8) is 0 Å². The van der Waals surface area contributed by atoms with Gasteiger partial charge in [-0.05, 0) is 67.6 Å². The lowest BCUT2D eigenvalue weighted by Crippen LogP contribution is -2.36. The fourth-order valence-corrected chi connectivity index (χ4v) is 4.82. The molecule has 0 radical (unpaired) electrons. The number of pyridine rings is 1. The Kier molecular flexibility index (Phi) is 7.26. The Morgan fingerprint density at radius 3 is 2.41 bits per heavy atom. The first-order valence-electron chi connectivity index (χ1n) is 11.7. The quantitative estimate of drug-likeness (QED) is 0.282. The first kappa shape index (κ1) is 23.5. The molecule has 1 aromatic heterocycles. The molecule has 0 bridgehead atoms. The maximum absolute atomic E-state index is 11.3. The van der Waals surface area contributed by atoms with E-state index in [0.717, 1.165) is 35.6 Å². The van der Waals surface area contributed by atoms with Crippen molar-refractivity contribution in [3.05, 3.63) is 94.8 Å². The summed E-state index contributed by atoms with van der Waals surface area (Å²) in [5.41, 5.74) is 7.01. The molecule has 1 fully saturated rings. The van der Waals surface area contributed by atoms with E-state index in [1.807, 2.05) is 31.2 Å². The smallest absolute Gasteiger partial charge is 0.306 e. The van der Waals surface area contributed by atoms with Gasteiger partial charge in [-0.3, -0.25) is 9.78 Å². The van der Waals surface area contributed by atoms with Crippen LogP contribution in [-0.4, -0.2) is 40.1 Å². The molecule has 2 heterocycles. The summed E-state index contributed by atoms with van der Waals surface area (Å²) in [6.07, 6.45) is 3.63. The molecule has 176 valence electrons. The Labute approximate surface area is 200 Å². The van der Waals surface area contributed by atoms with Crippen LogP contribution in [0.3, 0.4) is 0 Å². The Hall–Kier alpha value is -3.67. The fraction of sp³-hybridized carbons (Fsp3) is 0.321. The summed E-state index contributed by atoms with van der Waals surface area (Å²) in [5, 5.41) is 22.8. The number of oxime groups is 1. The highest BCUT2D eigenvalue weighted by Crippen LogP contribution is 2.33. The largest absolute Gasteiger partial charge is 0.481 e. The predicted octanol–water partition coefficient (Wildman–Crippen LogP) is 5.40. The first-order valence-corrected chi connectivity index (χ1v) is 11.7. The van der Waals surface area contributed by atoms with E-state index in [9.17, 15) is 15.1 Å². The molecule has 3 aromatic rings. The highest BCUT2D eigenvalue weighted by molar-refractivity contribution is 6.01. The molecule has 6 nitrogen and oxygen atoms in total. The lowest BCUT2D eigenvalue weighted by Gasteiger charge is -2.32. The van der Waals surface area contributed by atoms with E-state index in [-0.39, 0.29) is 11.8 Å². The third kappa shape index (κ3) is 5.28. The Morgan fingerprint density at radius 2 is 1.79 bits per heavy atom. The van der Waals surface area contributed by atoms with Crippen molar-refractivity contribution < 1.29 is 15.1 Å². The van der Waals surface area contributed by atoms with Crippen molar-refractivity contribution in [3.8, 4) is 0 Å². The number of anilines is 1. The maximum atomic E-state index is 11.3. The number of rotatable bonds is 7.